The highest BCUT2D eigenvalue weighted by Crippen LogP contribution is 2.58. The number of aromatic amines is 1. The number of hydrogen-bond acceptors (Lipinski definition) is 8. The first kappa shape index (κ1) is 28.4. The number of hydrogen-bond donors (Lipinski definition) is 3. The zero-order valence-electron chi connectivity index (χ0n) is 25.2. The summed E-state index contributed by atoms with van der Waals surface area (Å²) in [4.78, 5) is 30.2. The van der Waals surface area contributed by atoms with E-state index >= 15 is 0 Å². The van der Waals surface area contributed by atoms with Crippen LogP contribution in [-0.4, -0.2) is 52.4 Å². The fourth-order valence-electron chi connectivity index (χ4n) is 7.20. The van der Waals surface area contributed by atoms with Crippen LogP contribution in [0.4, 0.5) is 0 Å². The number of esters is 1. The molecule has 228 valence electrons. The van der Waals surface area contributed by atoms with Crippen LogP contribution in [0.2, 0.25) is 0 Å². The summed E-state index contributed by atoms with van der Waals surface area (Å²) in [6, 6.07) is 8.06. The molecule has 0 bridgehead atoms. The van der Waals surface area contributed by atoms with Crippen LogP contribution in [0, 0.1) is 5.92 Å². The molecule has 7 rings (SSSR count). The van der Waals surface area contributed by atoms with Crippen LogP contribution in [0.3, 0.4) is 0 Å². The van der Waals surface area contributed by atoms with E-state index < -0.39 is 30.2 Å². The van der Waals surface area contributed by atoms with Crippen molar-refractivity contribution in [3.05, 3.63) is 81.8 Å². The molecule has 2 aliphatic heterocycles. The number of aromatic nitrogens is 1. The van der Waals surface area contributed by atoms with Crippen LogP contribution in [0.1, 0.15) is 61.8 Å². The van der Waals surface area contributed by atoms with Gasteiger partial charge in [0.25, 0.3) is 0 Å². The minimum Gasteiger partial charge on any atom is -0.496 e. The van der Waals surface area contributed by atoms with E-state index in [1.165, 1.54) is 0 Å². The molecule has 0 saturated heterocycles. The van der Waals surface area contributed by atoms with Gasteiger partial charge < -0.3 is 34.1 Å². The molecule has 1 saturated carbocycles. The van der Waals surface area contributed by atoms with E-state index in [1.54, 1.807) is 27.9 Å². The van der Waals surface area contributed by atoms with E-state index in [4.69, 9.17) is 18.9 Å². The second-order valence-electron chi connectivity index (χ2n) is 12.3. The van der Waals surface area contributed by atoms with Crippen molar-refractivity contribution < 1.29 is 38.7 Å². The number of carbonyl (C=O) groups is 2. The normalized spacial score (nSPS) is 22.2. The van der Waals surface area contributed by atoms with Crippen LogP contribution >= 0.6 is 0 Å². The number of ketones is 1. The van der Waals surface area contributed by atoms with Crippen molar-refractivity contribution in [2.24, 2.45) is 5.92 Å². The summed E-state index contributed by atoms with van der Waals surface area (Å²) in [5, 5.41) is 22.5. The van der Waals surface area contributed by atoms with E-state index in [9.17, 15) is 19.8 Å². The molecule has 3 atom stereocenters. The lowest BCUT2D eigenvalue weighted by Crippen LogP contribution is -2.39. The number of fused-ring (bicyclic) bond motifs is 6. The summed E-state index contributed by atoms with van der Waals surface area (Å²) in [6.07, 6.45) is 6.31. The molecule has 3 unspecified atom stereocenters. The van der Waals surface area contributed by atoms with E-state index in [2.05, 4.69) is 11.1 Å². The Labute approximate surface area is 254 Å². The maximum absolute atomic E-state index is 13.6. The molecule has 3 aromatic rings. The molecule has 0 radical (unpaired) electrons. The molecule has 0 spiro atoms. The average molecular weight is 598 g/mol. The van der Waals surface area contributed by atoms with Crippen molar-refractivity contribution >= 4 is 28.2 Å². The van der Waals surface area contributed by atoms with Gasteiger partial charge in [0.1, 0.15) is 29.1 Å². The van der Waals surface area contributed by atoms with Crippen molar-refractivity contribution in [3.63, 3.8) is 0 Å². The van der Waals surface area contributed by atoms with Gasteiger partial charge in [-0.15, -0.1) is 0 Å². The molecule has 9 nitrogen and oxygen atoms in total. The molecule has 3 N–H and O–H groups in total. The SMILES string of the molecule is CCOC(=O)C1=C2C=CC3C(=C2c2c(OC)c4c(c(CO)c2O1)OC(C(C)(C)O)C4)CCC(=O)C3c1ccc2[nH]ccc2c1. The fraction of sp³-hybridized carbons (Fsp3) is 0.371. The molecule has 44 heavy (non-hydrogen) atoms. The summed E-state index contributed by atoms with van der Waals surface area (Å²) in [5.41, 5.74) is 4.74. The Bertz CT molecular complexity index is 1820. The Balaban J connectivity index is 1.48. The third-order valence-electron chi connectivity index (χ3n) is 9.26. The Morgan fingerprint density at radius 3 is 2.73 bits per heavy atom. The van der Waals surface area contributed by atoms with E-state index in [0.717, 1.165) is 27.6 Å². The van der Waals surface area contributed by atoms with Crippen LogP contribution in [0.15, 0.2) is 59.5 Å². The van der Waals surface area contributed by atoms with Gasteiger partial charge in [-0.2, -0.15) is 0 Å². The molecule has 1 fully saturated rings. The standard InChI is InChI=1S/C35H35NO8/c1-5-42-34(39)33-21-8-7-19-20(9-11-25(38)27(19)18-6-10-24-17(14-18)12-13-36-24)28(21)29-31(41-4)22-15-26(35(2,3)40)43-30(22)23(16-37)32(29)44-33/h6-8,10,12-14,19,26-27,36-37,40H,5,9,11,15-16H2,1-4H3. The highest BCUT2D eigenvalue weighted by atomic mass is 16.6. The van der Waals surface area contributed by atoms with Gasteiger partial charge in [0.05, 0.1) is 43.0 Å². The second-order valence-corrected chi connectivity index (χ2v) is 12.3. The maximum atomic E-state index is 13.6. The number of aliphatic hydroxyl groups excluding tert-OH is 1. The van der Waals surface area contributed by atoms with E-state index in [0.29, 0.717) is 53.0 Å². The van der Waals surface area contributed by atoms with Crippen LogP contribution in [0.25, 0.3) is 16.5 Å². The number of H-pyrrole nitrogens is 1. The fourth-order valence-corrected chi connectivity index (χ4v) is 7.20. The summed E-state index contributed by atoms with van der Waals surface area (Å²) >= 11 is 0. The average Bonchev–Trinajstić information content (AvgIpc) is 3.66. The predicted molar refractivity (Wildman–Crippen MR) is 162 cm³/mol. The lowest BCUT2D eigenvalue weighted by atomic mass is 9.66. The largest absolute Gasteiger partial charge is 0.496 e. The number of benzene rings is 2. The van der Waals surface area contributed by atoms with Gasteiger partial charge in [-0.25, -0.2) is 4.79 Å². The molecule has 3 heterocycles. The summed E-state index contributed by atoms with van der Waals surface area (Å²) < 4.78 is 24.1. The molecule has 4 aliphatic rings. The Hall–Kier alpha value is -4.34. The van der Waals surface area contributed by atoms with Gasteiger partial charge in [0, 0.05) is 47.2 Å². The number of ether oxygens (including phenoxy) is 4. The molecule has 0 amide bonds. The van der Waals surface area contributed by atoms with Gasteiger partial charge >= 0.3 is 5.97 Å². The van der Waals surface area contributed by atoms with Crippen molar-refractivity contribution in [1.82, 2.24) is 4.98 Å². The van der Waals surface area contributed by atoms with Crippen LogP contribution in [0.5, 0.6) is 17.2 Å². The number of methoxy groups -OCH3 is 1. The topological polar surface area (TPSA) is 127 Å². The molecule has 9 heteroatoms. The molecule has 2 aliphatic carbocycles. The zero-order valence-corrected chi connectivity index (χ0v) is 25.2. The van der Waals surface area contributed by atoms with Crippen LogP contribution in [-0.2, 0) is 27.4 Å². The highest BCUT2D eigenvalue weighted by Gasteiger charge is 2.46. The zero-order chi connectivity index (χ0) is 30.9. The number of rotatable bonds is 6. The van der Waals surface area contributed by atoms with Crippen molar-refractivity contribution in [2.75, 3.05) is 13.7 Å². The summed E-state index contributed by atoms with van der Waals surface area (Å²) in [6.45, 7) is 4.80. The summed E-state index contributed by atoms with van der Waals surface area (Å²) in [7, 11) is 1.57. The number of Topliss-reactive ketones (excluding diaryl/α,β-unsaturated/α-hetero) is 1. The van der Waals surface area contributed by atoms with Gasteiger partial charge in [0.15, 0.2) is 0 Å². The smallest absolute Gasteiger partial charge is 0.374 e. The minimum absolute atomic E-state index is 0.00693. The van der Waals surface area contributed by atoms with Crippen LogP contribution < -0.4 is 14.2 Å². The van der Waals surface area contributed by atoms with Gasteiger partial charge in [0.2, 0.25) is 5.76 Å². The molecular formula is C35H35NO8. The third kappa shape index (κ3) is 4.21. The van der Waals surface area contributed by atoms with E-state index in [1.807, 2.05) is 36.5 Å². The molecule has 1 aromatic heterocycles. The van der Waals surface area contributed by atoms with Gasteiger partial charge in [-0.1, -0.05) is 23.8 Å². The first-order valence-corrected chi connectivity index (χ1v) is 15.0. The quantitative estimate of drug-likeness (QED) is 0.338. The Morgan fingerprint density at radius 2 is 2.00 bits per heavy atom. The van der Waals surface area contributed by atoms with Gasteiger partial charge in [-0.05, 0) is 56.3 Å². The number of nitrogens with one attached hydrogen (secondary N) is 1. The van der Waals surface area contributed by atoms with Gasteiger partial charge in [-0.3, -0.25) is 4.79 Å². The third-order valence-corrected chi connectivity index (χ3v) is 9.26. The lowest BCUT2D eigenvalue weighted by Gasteiger charge is -2.38. The monoisotopic (exact) mass is 597 g/mol. The number of carbonyl (C=O) groups excluding carboxylic acids is 2. The van der Waals surface area contributed by atoms with Crippen molar-refractivity contribution in [1.29, 1.82) is 0 Å². The van der Waals surface area contributed by atoms with Crippen molar-refractivity contribution in [2.45, 2.75) is 64.3 Å². The molecule has 2 aromatic carbocycles. The van der Waals surface area contributed by atoms with E-state index in [-0.39, 0.29) is 29.8 Å². The Kier molecular flexibility index (Phi) is 6.71. The maximum Gasteiger partial charge on any atom is 0.374 e. The highest BCUT2D eigenvalue weighted by molar-refractivity contribution is 6.03. The lowest BCUT2D eigenvalue weighted by molar-refractivity contribution is -0.141. The first-order chi connectivity index (χ1) is 21.2. The second kappa shape index (κ2) is 10.4. The molecular weight excluding hydrogens is 562 g/mol. The predicted octanol–water partition coefficient (Wildman–Crippen LogP) is 5.04. The number of allylic oxidation sites excluding steroid dienone is 5. The number of aliphatic hydroxyl groups is 2. The Morgan fingerprint density at radius 1 is 1.18 bits per heavy atom. The summed E-state index contributed by atoms with van der Waals surface area (Å²) in [5.74, 6) is -0.0162. The first-order valence-electron chi connectivity index (χ1n) is 15.0. The minimum atomic E-state index is -1.17. The van der Waals surface area contributed by atoms with Crippen molar-refractivity contribution in [3.8, 4) is 17.2 Å².